The maximum atomic E-state index is 11.9. The lowest BCUT2D eigenvalue weighted by Crippen LogP contribution is -2.30. The first-order valence-electron chi connectivity index (χ1n) is 6.13. The van der Waals surface area contributed by atoms with Gasteiger partial charge in [0, 0.05) is 28.2 Å². The second kappa shape index (κ2) is 6.41. The molecule has 1 aromatic carbocycles. The highest BCUT2D eigenvalue weighted by atomic mass is 35.5. The predicted octanol–water partition coefficient (Wildman–Crippen LogP) is 2.87. The Balaban J connectivity index is 1.83. The van der Waals surface area contributed by atoms with E-state index in [9.17, 15) is 4.79 Å². The third-order valence-electron chi connectivity index (χ3n) is 3.07. The minimum absolute atomic E-state index is 0.127. The average Bonchev–Trinajstić information content (AvgIpc) is 2.80. The van der Waals surface area contributed by atoms with Crippen LogP contribution >= 0.6 is 23.2 Å². The van der Waals surface area contributed by atoms with Crippen LogP contribution in [0.4, 0.5) is 0 Å². The molecule has 18 heavy (non-hydrogen) atoms. The number of rotatable bonds is 4. The van der Waals surface area contributed by atoms with Crippen LogP contribution < -0.4 is 10.6 Å². The summed E-state index contributed by atoms with van der Waals surface area (Å²) in [7, 11) is 0. The van der Waals surface area contributed by atoms with E-state index in [2.05, 4.69) is 10.6 Å². The van der Waals surface area contributed by atoms with Crippen LogP contribution in [0.3, 0.4) is 0 Å². The van der Waals surface area contributed by atoms with Crippen molar-refractivity contribution in [2.75, 3.05) is 13.1 Å². The van der Waals surface area contributed by atoms with Crippen LogP contribution in [-0.2, 0) is 0 Å². The van der Waals surface area contributed by atoms with Crippen molar-refractivity contribution >= 4 is 29.1 Å². The molecule has 1 heterocycles. The Morgan fingerprint density at radius 1 is 1.33 bits per heavy atom. The van der Waals surface area contributed by atoms with Crippen molar-refractivity contribution < 1.29 is 4.79 Å². The Bertz CT molecular complexity index is 411. The summed E-state index contributed by atoms with van der Waals surface area (Å²) in [6.45, 7) is 1.75. The fourth-order valence-corrected chi connectivity index (χ4v) is 2.68. The summed E-state index contributed by atoms with van der Waals surface area (Å²) >= 11 is 11.7. The van der Waals surface area contributed by atoms with Gasteiger partial charge in [0.25, 0.3) is 5.91 Å². The highest BCUT2D eigenvalue weighted by Gasteiger charge is 2.14. The Morgan fingerprint density at radius 3 is 2.67 bits per heavy atom. The van der Waals surface area contributed by atoms with Gasteiger partial charge in [0.1, 0.15) is 0 Å². The summed E-state index contributed by atoms with van der Waals surface area (Å²) in [4.78, 5) is 11.9. The van der Waals surface area contributed by atoms with Gasteiger partial charge in [-0.05, 0) is 44.0 Å². The molecule has 0 aliphatic carbocycles. The summed E-state index contributed by atoms with van der Waals surface area (Å²) < 4.78 is 0. The van der Waals surface area contributed by atoms with E-state index >= 15 is 0 Å². The summed E-state index contributed by atoms with van der Waals surface area (Å²) in [6.07, 6.45) is 3.38. The second-order valence-electron chi connectivity index (χ2n) is 4.50. The van der Waals surface area contributed by atoms with Crippen LogP contribution in [0, 0.1) is 0 Å². The van der Waals surface area contributed by atoms with Crippen molar-refractivity contribution in [2.45, 2.75) is 25.3 Å². The normalized spacial score (nSPS) is 18.9. The number of halogens is 2. The van der Waals surface area contributed by atoms with Crippen LogP contribution in [0.25, 0.3) is 0 Å². The van der Waals surface area contributed by atoms with Gasteiger partial charge in [-0.25, -0.2) is 0 Å². The molecule has 1 fully saturated rings. The molecular weight excluding hydrogens is 271 g/mol. The first kappa shape index (κ1) is 13.7. The molecule has 0 spiro atoms. The first-order valence-corrected chi connectivity index (χ1v) is 6.88. The summed E-state index contributed by atoms with van der Waals surface area (Å²) in [5.74, 6) is -0.127. The number of carbonyl (C=O) groups excluding carboxylic acids is 1. The zero-order valence-corrected chi connectivity index (χ0v) is 11.5. The van der Waals surface area contributed by atoms with Gasteiger partial charge in [-0.1, -0.05) is 23.2 Å². The molecule has 0 bridgehead atoms. The topological polar surface area (TPSA) is 41.1 Å². The molecule has 1 atom stereocenters. The zero-order chi connectivity index (χ0) is 13.0. The Kier molecular flexibility index (Phi) is 4.87. The fraction of sp³-hybridized carbons (Fsp3) is 0.462. The third kappa shape index (κ3) is 3.87. The lowest BCUT2D eigenvalue weighted by Gasteiger charge is -2.11. The molecule has 0 unspecified atom stereocenters. The monoisotopic (exact) mass is 286 g/mol. The van der Waals surface area contributed by atoms with E-state index in [1.165, 1.54) is 12.8 Å². The zero-order valence-electron chi connectivity index (χ0n) is 10.0. The van der Waals surface area contributed by atoms with Gasteiger partial charge >= 0.3 is 0 Å². The predicted molar refractivity (Wildman–Crippen MR) is 74.4 cm³/mol. The van der Waals surface area contributed by atoms with E-state index in [1.54, 1.807) is 18.2 Å². The Hall–Kier alpha value is -0.770. The number of amides is 1. The molecule has 0 radical (unpaired) electrons. The van der Waals surface area contributed by atoms with Crippen molar-refractivity contribution in [1.82, 2.24) is 10.6 Å². The molecule has 3 nitrogen and oxygen atoms in total. The fourth-order valence-electron chi connectivity index (χ4n) is 2.15. The van der Waals surface area contributed by atoms with Crippen molar-refractivity contribution in [2.24, 2.45) is 0 Å². The molecule has 1 aliphatic rings. The van der Waals surface area contributed by atoms with E-state index in [-0.39, 0.29) is 5.91 Å². The second-order valence-corrected chi connectivity index (χ2v) is 5.37. The van der Waals surface area contributed by atoms with Gasteiger partial charge in [-0.15, -0.1) is 0 Å². The SMILES string of the molecule is O=C(NCC[C@@H]1CCCN1)c1cc(Cl)cc(Cl)c1. The number of carbonyl (C=O) groups is 1. The maximum absolute atomic E-state index is 11.9. The van der Waals surface area contributed by atoms with E-state index in [1.807, 2.05) is 0 Å². The van der Waals surface area contributed by atoms with Crippen molar-refractivity contribution in [3.63, 3.8) is 0 Å². The van der Waals surface area contributed by atoms with E-state index in [4.69, 9.17) is 23.2 Å². The Labute approximate surface area is 117 Å². The largest absolute Gasteiger partial charge is 0.352 e. The van der Waals surface area contributed by atoms with Gasteiger partial charge < -0.3 is 10.6 Å². The average molecular weight is 287 g/mol. The van der Waals surface area contributed by atoms with Crippen molar-refractivity contribution in [3.05, 3.63) is 33.8 Å². The number of hydrogen-bond donors (Lipinski definition) is 2. The van der Waals surface area contributed by atoms with Crippen LogP contribution in [0.15, 0.2) is 18.2 Å². The summed E-state index contributed by atoms with van der Waals surface area (Å²) in [5.41, 5.74) is 0.506. The minimum Gasteiger partial charge on any atom is -0.352 e. The molecule has 0 saturated carbocycles. The molecule has 1 saturated heterocycles. The van der Waals surface area contributed by atoms with Crippen LogP contribution in [0.1, 0.15) is 29.6 Å². The van der Waals surface area contributed by atoms with Gasteiger partial charge in [-0.3, -0.25) is 4.79 Å². The lowest BCUT2D eigenvalue weighted by atomic mass is 10.1. The van der Waals surface area contributed by atoms with Crippen LogP contribution in [0.5, 0.6) is 0 Å². The van der Waals surface area contributed by atoms with Gasteiger partial charge in [0.2, 0.25) is 0 Å². The molecule has 0 aromatic heterocycles. The molecule has 5 heteroatoms. The smallest absolute Gasteiger partial charge is 0.251 e. The molecule has 1 aromatic rings. The lowest BCUT2D eigenvalue weighted by molar-refractivity contribution is 0.0952. The number of benzene rings is 1. The van der Waals surface area contributed by atoms with Crippen LogP contribution in [0.2, 0.25) is 10.0 Å². The van der Waals surface area contributed by atoms with E-state index in [0.717, 1.165) is 13.0 Å². The molecule has 2 N–H and O–H groups in total. The highest BCUT2D eigenvalue weighted by molar-refractivity contribution is 6.35. The molecule has 1 amide bonds. The quantitative estimate of drug-likeness (QED) is 0.894. The molecular formula is C13H16Cl2N2O. The van der Waals surface area contributed by atoms with Gasteiger partial charge in [-0.2, -0.15) is 0 Å². The maximum Gasteiger partial charge on any atom is 0.251 e. The molecule has 2 rings (SSSR count). The van der Waals surface area contributed by atoms with Gasteiger partial charge in [0.15, 0.2) is 0 Å². The summed E-state index contributed by atoms with van der Waals surface area (Å²) in [6, 6.07) is 5.39. The first-order chi connectivity index (χ1) is 8.65. The van der Waals surface area contributed by atoms with Crippen molar-refractivity contribution in [1.29, 1.82) is 0 Å². The molecule has 98 valence electrons. The number of hydrogen-bond acceptors (Lipinski definition) is 2. The van der Waals surface area contributed by atoms with Crippen LogP contribution in [-0.4, -0.2) is 25.0 Å². The minimum atomic E-state index is -0.127. The van der Waals surface area contributed by atoms with E-state index in [0.29, 0.717) is 28.2 Å². The highest BCUT2D eigenvalue weighted by Crippen LogP contribution is 2.19. The Morgan fingerprint density at radius 2 is 2.06 bits per heavy atom. The van der Waals surface area contributed by atoms with Gasteiger partial charge in [0.05, 0.1) is 0 Å². The van der Waals surface area contributed by atoms with E-state index < -0.39 is 0 Å². The summed E-state index contributed by atoms with van der Waals surface area (Å²) in [5, 5.41) is 7.23. The van der Waals surface area contributed by atoms with Crippen molar-refractivity contribution in [3.8, 4) is 0 Å². The molecule has 1 aliphatic heterocycles. The number of nitrogens with one attached hydrogen (secondary N) is 2. The standard InChI is InChI=1S/C13H16Cl2N2O/c14-10-6-9(7-11(15)8-10)13(18)17-5-3-12-2-1-4-16-12/h6-8,12,16H,1-5H2,(H,17,18)/t12-/m0/s1. The third-order valence-corrected chi connectivity index (χ3v) is 3.50.